The summed E-state index contributed by atoms with van der Waals surface area (Å²) in [5, 5.41) is 22.1. The summed E-state index contributed by atoms with van der Waals surface area (Å²) in [6.45, 7) is 0.558. The average molecular weight is 279 g/mol. The molecule has 110 valence electrons. The molecular formula is C15H21NO4. The first-order valence-corrected chi connectivity index (χ1v) is 6.93. The summed E-state index contributed by atoms with van der Waals surface area (Å²) >= 11 is 0. The van der Waals surface area contributed by atoms with Crippen molar-refractivity contribution in [3.05, 3.63) is 23.8 Å². The van der Waals surface area contributed by atoms with Gasteiger partial charge in [-0.2, -0.15) is 0 Å². The van der Waals surface area contributed by atoms with Crippen molar-refractivity contribution in [3.8, 4) is 11.5 Å². The van der Waals surface area contributed by atoms with Crippen molar-refractivity contribution >= 4 is 5.91 Å². The maximum Gasteiger partial charge on any atom is 0.251 e. The summed E-state index contributed by atoms with van der Waals surface area (Å²) in [7, 11) is 1.46. The predicted octanol–water partition coefficient (Wildman–Crippen LogP) is 1.68. The minimum absolute atomic E-state index is 0.0479. The fraction of sp³-hybridized carbons (Fsp3) is 0.533. The third kappa shape index (κ3) is 3.63. The van der Waals surface area contributed by atoms with Gasteiger partial charge in [-0.15, -0.1) is 0 Å². The van der Waals surface area contributed by atoms with Crippen LogP contribution in [-0.2, 0) is 0 Å². The normalized spacial score (nSPS) is 22.3. The zero-order valence-corrected chi connectivity index (χ0v) is 11.6. The van der Waals surface area contributed by atoms with Gasteiger partial charge in [0.2, 0.25) is 0 Å². The van der Waals surface area contributed by atoms with Gasteiger partial charge < -0.3 is 20.3 Å². The third-order valence-electron chi connectivity index (χ3n) is 3.75. The molecule has 5 heteroatoms. The Bertz CT molecular complexity index is 475. The smallest absolute Gasteiger partial charge is 0.251 e. The largest absolute Gasteiger partial charge is 0.504 e. The predicted molar refractivity (Wildman–Crippen MR) is 75.0 cm³/mol. The topological polar surface area (TPSA) is 78.8 Å². The summed E-state index contributed by atoms with van der Waals surface area (Å²) in [6, 6.07) is 4.57. The van der Waals surface area contributed by atoms with E-state index in [2.05, 4.69) is 5.32 Å². The van der Waals surface area contributed by atoms with Crippen LogP contribution in [0.3, 0.4) is 0 Å². The second-order valence-electron chi connectivity index (χ2n) is 5.28. The minimum Gasteiger partial charge on any atom is -0.504 e. The van der Waals surface area contributed by atoms with Crippen LogP contribution >= 0.6 is 0 Å². The number of methoxy groups -OCH3 is 1. The Kier molecular flexibility index (Phi) is 4.84. The summed E-state index contributed by atoms with van der Waals surface area (Å²) in [4.78, 5) is 12.0. The number of amides is 1. The second-order valence-corrected chi connectivity index (χ2v) is 5.28. The molecule has 2 unspecified atom stereocenters. The Labute approximate surface area is 118 Å². The van der Waals surface area contributed by atoms with Gasteiger partial charge in [-0.25, -0.2) is 0 Å². The molecule has 1 aromatic carbocycles. The van der Waals surface area contributed by atoms with E-state index in [-0.39, 0.29) is 17.8 Å². The van der Waals surface area contributed by atoms with Gasteiger partial charge in [-0.3, -0.25) is 4.79 Å². The number of aliphatic hydroxyl groups is 1. The highest BCUT2D eigenvalue weighted by Crippen LogP contribution is 2.26. The van der Waals surface area contributed by atoms with Crippen molar-refractivity contribution in [1.29, 1.82) is 0 Å². The van der Waals surface area contributed by atoms with Gasteiger partial charge in [-0.1, -0.05) is 6.42 Å². The van der Waals surface area contributed by atoms with Crippen molar-refractivity contribution in [2.75, 3.05) is 13.7 Å². The molecule has 0 spiro atoms. The number of phenolic OH excluding ortho intramolecular Hbond substituents is 1. The Hall–Kier alpha value is -1.75. The van der Waals surface area contributed by atoms with Crippen LogP contribution in [0.15, 0.2) is 18.2 Å². The van der Waals surface area contributed by atoms with Crippen molar-refractivity contribution in [1.82, 2.24) is 5.32 Å². The van der Waals surface area contributed by atoms with Gasteiger partial charge in [0, 0.05) is 12.1 Å². The number of carbonyl (C=O) groups is 1. The third-order valence-corrected chi connectivity index (χ3v) is 3.75. The zero-order valence-electron chi connectivity index (χ0n) is 11.6. The molecule has 1 aromatic rings. The van der Waals surface area contributed by atoms with Crippen LogP contribution < -0.4 is 10.1 Å². The lowest BCUT2D eigenvalue weighted by Gasteiger charge is -2.25. The van der Waals surface area contributed by atoms with E-state index < -0.39 is 0 Å². The van der Waals surface area contributed by atoms with Crippen LogP contribution in [0.1, 0.15) is 36.0 Å². The van der Waals surface area contributed by atoms with Gasteiger partial charge in [0.15, 0.2) is 11.5 Å². The van der Waals surface area contributed by atoms with Gasteiger partial charge >= 0.3 is 0 Å². The van der Waals surface area contributed by atoms with E-state index in [0.717, 1.165) is 25.7 Å². The fourth-order valence-electron chi connectivity index (χ4n) is 2.62. The first-order chi connectivity index (χ1) is 9.60. The number of benzene rings is 1. The molecule has 0 aliphatic heterocycles. The van der Waals surface area contributed by atoms with Crippen molar-refractivity contribution in [2.45, 2.75) is 31.8 Å². The molecule has 0 radical (unpaired) electrons. The van der Waals surface area contributed by atoms with Gasteiger partial charge in [0.05, 0.1) is 13.2 Å². The molecular weight excluding hydrogens is 258 g/mol. The number of hydrogen-bond acceptors (Lipinski definition) is 4. The summed E-state index contributed by atoms with van der Waals surface area (Å²) in [5.41, 5.74) is 0.402. The maximum atomic E-state index is 12.0. The molecule has 1 aliphatic rings. The molecule has 0 aromatic heterocycles. The molecule has 2 atom stereocenters. The highest BCUT2D eigenvalue weighted by atomic mass is 16.5. The standard InChI is InChI=1S/C15H21NO4/c1-20-14-6-5-11(8-13(14)18)15(19)16-9-10-3-2-4-12(17)7-10/h5-6,8,10,12,17-18H,2-4,7,9H2,1H3,(H,16,19). The monoisotopic (exact) mass is 279 g/mol. The molecule has 1 amide bonds. The highest BCUT2D eigenvalue weighted by Gasteiger charge is 2.20. The number of hydrogen-bond donors (Lipinski definition) is 3. The lowest BCUT2D eigenvalue weighted by molar-refractivity contribution is 0.0873. The molecule has 1 fully saturated rings. The number of phenols is 1. The van der Waals surface area contributed by atoms with Gasteiger partial charge in [0.25, 0.3) is 5.91 Å². The average Bonchev–Trinajstić information content (AvgIpc) is 2.44. The van der Waals surface area contributed by atoms with E-state index >= 15 is 0 Å². The lowest BCUT2D eigenvalue weighted by Crippen LogP contribution is -2.32. The van der Waals surface area contributed by atoms with Crippen LogP contribution in [0, 0.1) is 5.92 Å². The number of aliphatic hydroxyl groups excluding tert-OH is 1. The number of aromatic hydroxyl groups is 1. The Balaban J connectivity index is 1.90. The van der Waals surface area contributed by atoms with E-state index in [1.165, 1.54) is 13.2 Å². The molecule has 0 bridgehead atoms. The lowest BCUT2D eigenvalue weighted by atomic mass is 9.87. The first kappa shape index (κ1) is 14.7. The number of rotatable bonds is 4. The van der Waals surface area contributed by atoms with Gasteiger partial charge in [0.1, 0.15) is 0 Å². The first-order valence-electron chi connectivity index (χ1n) is 6.93. The quantitative estimate of drug-likeness (QED) is 0.783. The van der Waals surface area contributed by atoms with Crippen LogP contribution in [-0.4, -0.2) is 35.9 Å². The summed E-state index contributed by atoms with van der Waals surface area (Å²) < 4.78 is 4.94. The Morgan fingerprint density at radius 2 is 2.25 bits per heavy atom. The summed E-state index contributed by atoms with van der Waals surface area (Å²) in [5.74, 6) is 0.405. The molecule has 0 heterocycles. The highest BCUT2D eigenvalue weighted by molar-refractivity contribution is 5.94. The van der Waals surface area contributed by atoms with E-state index in [9.17, 15) is 15.0 Å². The molecule has 2 rings (SSSR count). The minimum atomic E-state index is -0.240. The van der Waals surface area contributed by atoms with Gasteiger partial charge in [-0.05, 0) is 43.4 Å². The van der Waals surface area contributed by atoms with Crippen LogP contribution in [0.25, 0.3) is 0 Å². The van der Waals surface area contributed by atoms with Crippen LogP contribution in [0.2, 0.25) is 0 Å². The fourth-order valence-corrected chi connectivity index (χ4v) is 2.62. The second kappa shape index (κ2) is 6.61. The van der Waals surface area contributed by atoms with E-state index in [1.807, 2.05) is 0 Å². The zero-order chi connectivity index (χ0) is 14.5. The molecule has 1 saturated carbocycles. The molecule has 20 heavy (non-hydrogen) atoms. The number of nitrogens with one attached hydrogen (secondary N) is 1. The Morgan fingerprint density at radius 3 is 2.90 bits per heavy atom. The van der Waals surface area contributed by atoms with E-state index in [4.69, 9.17) is 4.74 Å². The summed E-state index contributed by atoms with van der Waals surface area (Å²) in [6.07, 6.45) is 3.40. The van der Waals surface area contributed by atoms with Crippen molar-refractivity contribution in [3.63, 3.8) is 0 Å². The number of ether oxygens (including phenoxy) is 1. The van der Waals surface area contributed by atoms with E-state index in [1.54, 1.807) is 12.1 Å². The molecule has 3 N–H and O–H groups in total. The Morgan fingerprint density at radius 1 is 1.45 bits per heavy atom. The molecule has 1 aliphatic carbocycles. The molecule has 5 nitrogen and oxygen atoms in total. The van der Waals surface area contributed by atoms with Crippen LogP contribution in [0.4, 0.5) is 0 Å². The van der Waals surface area contributed by atoms with Crippen molar-refractivity contribution < 1.29 is 19.7 Å². The van der Waals surface area contributed by atoms with Crippen molar-refractivity contribution in [2.24, 2.45) is 5.92 Å². The number of carbonyl (C=O) groups excluding carboxylic acids is 1. The maximum absolute atomic E-state index is 12.0. The van der Waals surface area contributed by atoms with Crippen LogP contribution in [0.5, 0.6) is 11.5 Å². The molecule has 0 saturated heterocycles. The SMILES string of the molecule is COc1ccc(C(=O)NCC2CCCC(O)C2)cc1O. The van der Waals surface area contributed by atoms with E-state index in [0.29, 0.717) is 23.8 Å².